The van der Waals surface area contributed by atoms with E-state index in [1.54, 1.807) is 17.0 Å². The van der Waals surface area contributed by atoms with Crippen LogP contribution in [0.15, 0.2) is 24.3 Å². The number of rotatable bonds is 5. The van der Waals surface area contributed by atoms with Gasteiger partial charge in [-0.15, -0.1) is 11.8 Å². The monoisotopic (exact) mass is 338 g/mol. The van der Waals surface area contributed by atoms with Gasteiger partial charge >= 0.3 is 0 Å². The third-order valence-electron chi connectivity index (χ3n) is 3.62. The van der Waals surface area contributed by atoms with Crippen LogP contribution in [0.4, 0.5) is 4.39 Å². The van der Waals surface area contributed by atoms with Crippen molar-refractivity contribution >= 4 is 23.6 Å². The molecule has 0 bridgehead atoms. The fourth-order valence-corrected chi connectivity index (χ4v) is 4.09. The Morgan fingerprint density at radius 1 is 1.43 bits per heavy atom. The minimum Gasteiger partial charge on any atom is -0.352 e. The first-order valence-corrected chi connectivity index (χ1v) is 8.97. The number of amides is 2. The molecule has 2 amide bonds. The molecule has 1 aromatic rings. The summed E-state index contributed by atoms with van der Waals surface area (Å²) in [7, 11) is 0. The van der Waals surface area contributed by atoms with E-state index in [-0.39, 0.29) is 29.0 Å². The summed E-state index contributed by atoms with van der Waals surface area (Å²) < 4.78 is 13.5. The van der Waals surface area contributed by atoms with Gasteiger partial charge < -0.3 is 10.2 Å². The molecule has 2 unspecified atom stereocenters. The highest BCUT2D eigenvalue weighted by Crippen LogP contribution is 2.42. The Morgan fingerprint density at radius 3 is 2.78 bits per heavy atom. The fraction of sp³-hybridized carbons (Fsp3) is 0.529. The minimum atomic E-state index is -0.505. The maximum atomic E-state index is 13.5. The summed E-state index contributed by atoms with van der Waals surface area (Å²) in [6, 6.07) is 5.76. The third kappa shape index (κ3) is 4.25. The fourth-order valence-electron chi connectivity index (χ4n) is 2.65. The van der Waals surface area contributed by atoms with Gasteiger partial charge in [0.15, 0.2) is 0 Å². The standard InChI is InChI=1S/C17H23FN2O2S/c1-4-6-15(21)20-14(16(22)19-11(2)3)10-23-17(20)12-7-5-8-13(18)9-12/h5,7-9,11,14,17H,4,6,10H2,1-3H3,(H,19,22). The molecule has 1 saturated heterocycles. The Morgan fingerprint density at radius 2 is 2.17 bits per heavy atom. The zero-order chi connectivity index (χ0) is 17.0. The normalized spacial score (nSPS) is 20.8. The Balaban J connectivity index is 2.28. The van der Waals surface area contributed by atoms with Crippen molar-refractivity contribution in [2.24, 2.45) is 0 Å². The van der Waals surface area contributed by atoms with Gasteiger partial charge in [0.2, 0.25) is 11.8 Å². The van der Waals surface area contributed by atoms with Gasteiger partial charge in [0.05, 0.1) is 0 Å². The van der Waals surface area contributed by atoms with Crippen molar-refractivity contribution in [3.05, 3.63) is 35.6 Å². The van der Waals surface area contributed by atoms with Crippen molar-refractivity contribution < 1.29 is 14.0 Å². The zero-order valence-electron chi connectivity index (χ0n) is 13.7. The van der Waals surface area contributed by atoms with E-state index in [2.05, 4.69) is 5.32 Å². The van der Waals surface area contributed by atoms with Crippen LogP contribution in [0.25, 0.3) is 0 Å². The highest BCUT2D eigenvalue weighted by molar-refractivity contribution is 7.99. The number of hydrogen-bond acceptors (Lipinski definition) is 3. The van der Waals surface area contributed by atoms with Crippen molar-refractivity contribution in [2.45, 2.75) is 51.1 Å². The average molecular weight is 338 g/mol. The minimum absolute atomic E-state index is 0.0175. The van der Waals surface area contributed by atoms with E-state index in [0.717, 1.165) is 5.56 Å². The number of nitrogens with one attached hydrogen (secondary N) is 1. The largest absolute Gasteiger partial charge is 0.352 e. The maximum Gasteiger partial charge on any atom is 0.243 e. The van der Waals surface area contributed by atoms with Crippen molar-refractivity contribution in [2.75, 3.05) is 5.75 Å². The van der Waals surface area contributed by atoms with Crippen LogP contribution in [0.5, 0.6) is 0 Å². The van der Waals surface area contributed by atoms with Gasteiger partial charge in [0.1, 0.15) is 17.2 Å². The van der Waals surface area contributed by atoms with Crippen LogP contribution in [0.1, 0.15) is 44.6 Å². The maximum absolute atomic E-state index is 13.5. The number of benzene rings is 1. The second-order valence-corrected chi connectivity index (χ2v) is 7.08. The highest BCUT2D eigenvalue weighted by Gasteiger charge is 2.41. The Hall–Kier alpha value is -1.56. The summed E-state index contributed by atoms with van der Waals surface area (Å²) >= 11 is 1.51. The van der Waals surface area contributed by atoms with Gasteiger partial charge in [0.25, 0.3) is 0 Å². The summed E-state index contributed by atoms with van der Waals surface area (Å²) in [5, 5.41) is 2.56. The molecule has 23 heavy (non-hydrogen) atoms. The molecule has 1 fully saturated rings. The van der Waals surface area contributed by atoms with E-state index in [0.29, 0.717) is 18.6 Å². The van der Waals surface area contributed by atoms with E-state index in [1.807, 2.05) is 20.8 Å². The van der Waals surface area contributed by atoms with E-state index < -0.39 is 6.04 Å². The lowest BCUT2D eigenvalue weighted by Crippen LogP contribution is -2.49. The van der Waals surface area contributed by atoms with Crippen LogP contribution in [0.2, 0.25) is 0 Å². The molecule has 2 atom stereocenters. The molecule has 1 aromatic carbocycles. The number of hydrogen-bond donors (Lipinski definition) is 1. The Bertz CT molecular complexity index is 579. The van der Waals surface area contributed by atoms with Crippen LogP contribution >= 0.6 is 11.8 Å². The molecule has 2 rings (SSSR count). The van der Waals surface area contributed by atoms with Crippen LogP contribution in [-0.2, 0) is 9.59 Å². The van der Waals surface area contributed by atoms with Crippen molar-refractivity contribution in [3.8, 4) is 0 Å². The van der Waals surface area contributed by atoms with Gasteiger partial charge in [-0.1, -0.05) is 19.1 Å². The van der Waals surface area contributed by atoms with Gasteiger partial charge in [-0.2, -0.15) is 0 Å². The van der Waals surface area contributed by atoms with Crippen molar-refractivity contribution in [3.63, 3.8) is 0 Å². The van der Waals surface area contributed by atoms with Crippen molar-refractivity contribution in [1.29, 1.82) is 0 Å². The lowest BCUT2D eigenvalue weighted by molar-refractivity contribution is -0.140. The number of carbonyl (C=O) groups excluding carboxylic acids is 2. The van der Waals surface area contributed by atoms with E-state index in [1.165, 1.54) is 23.9 Å². The topological polar surface area (TPSA) is 49.4 Å². The molecule has 0 aromatic heterocycles. The van der Waals surface area contributed by atoms with E-state index >= 15 is 0 Å². The summed E-state index contributed by atoms with van der Waals surface area (Å²) in [5.41, 5.74) is 0.722. The number of halogens is 1. The molecule has 126 valence electrons. The van der Waals surface area contributed by atoms with Gasteiger partial charge in [-0.3, -0.25) is 9.59 Å². The Kier molecular flexibility index (Phi) is 6.04. The van der Waals surface area contributed by atoms with Crippen LogP contribution in [0.3, 0.4) is 0 Å². The molecule has 0 saturated carbocycles. The summed E-state index contributed by atoms with van der Waals surface area (Å²) in [4.78, 5) is 26.6. The van der Waals surface area contributed by atoms with Crippen LogP contribution in [-0.4, -0.2) is 34.6 Å². The SMILES string of the molecule is CCCC(=O)N1C(C(=O)NC(C)C)CSC1c1cccc(F)c1. The average Bonchev–Trinajstić information content (AvgIpc) is 2.91. The van der Waals surface area contributed by atoms with Gasteiger partial charge in [-0.05, 0) is 38.0 Å². The van der Waals surface area contributed by atoms with Gasteiger partial charge in [0, 0.05) is 18.2 Å². The van der Waals surface area contributed by atoms with Crippen molar-refractivity contribution in [1.82, 2.24) is 10.2 Å². The first-order valence-electron chi connectivity index (χ1n) is 7.92. The highest BCUT2D eigenvalue weighted by atomic mass is 32.2. The molecule has 1 N–H and O–H groups in total. The predicted octanol–water partition coefficient (Wildman–Crippen LogP) is 3.09. The molecular formula is C17H23FN2O2S. The van der Waals surface area contributed by atoms with Gasteiger partial charge in [-0.25, -0.2) is 4.39 Å². The van der Waals surface area contributed by atoms with Crippen LogP contribution in [0, 0.1) is 5.82 Å². The smallest absolute Gasteiger partial charge is 0.243 e. The first-order chi connectivity index (χ1) is 10.9. The predicted molar refractivity (Wildman–Crippen MR) is 90.4 cm³/mol. The molecule has 0 aliphatic carbocycles. The summed E-state index contributed by atoms with van der Waals surface area (Å²) in [6.45, 7) is 5.71. The number of thioether (sulfide) groups is 1. The van der Waals surface area contributed by atoms with E-state index in [9.17, 15) is 14.0 Å². The molecular weight excluding hydrogens is 315 g/mol. The quantitative estimate of drug-likeness (QED) is 0.897. The lowest BCUT2D eigenvalue weighted by atomic mass is 10.1. The third-order valence-corrected chi connectivity index (χ3v) is 4.94. The molecule has 4 nitrogen and oxygen atoms in total. The lowest BCUT2D eigenvalue weighted by Gasteiger charge is -2.29. The van der Waals surface area contributed by atoms with Crippen LogP contribution < -0.4 is 5.32 Å². The second-order valence-electron chi connectivity index (χ2n) is 5.97. The summed E-state index contributed by atoms with van der Waals surface area (Å²) in [5.74, 6) is -0.0116. The zero-order valence-corrected chi connectivity index (χ0v) is 14.5. The molecule has 0 radical (unpaired) electrons. The molecule has 0 spiro atoms. The number of carbonyl (C=O) groups is 2. The molecule has 1 heterocycles. The molecule has 1 aliphatic rings. The molecule has 6 heteroatoms. The first kappa shape index (κ1) is 17.8. The molecule has 1 aliphatic heterocycles. The number of nitrogens with zero attached hydrogens (tertiary/aromatic N) is 1. The van der Waals surface area contributed by atoms with E-state index in [4.69, 9.17) is 0 Å². The Labute approximate surface area is 140 Å². The second kappa shape index (κ2) is 7.81. The summed E-state index contributed by atoms with van der Waals surface area (Å²) in [6.07, 6.45) is 1.10.